The van der Waals surface area contributed by atoms with E-state index in [1.165, 1.54) is 42.7 Å². The van der Waals surface area contributed by atoms with Crippen LogP contribution in [0.3, 0.4) is 0 Å². The molecule has 0 aromatic heterocycles. The van der Waals surface area contributed by atoms with Gasteiger partial charge in [0.15, 0.2) is 44.0 Å². The lowest BCUT2D eigenvalue weighted by Gasteiger charge is -2.52. The van der Waals surface area contributed by atoms with Crippen molar-refractivity contribution in [3.8, 4) is 0 Å². The Morgan fingerprint density at radius 3 is 0.801 bits per heavy atom. The van der Waals surface area contributed by atoms with Crippen LogP contribution in [0.15, 0.2) is 0 Å². The van der Waals surface area contributed by atoms with Gasteiger partial charge in [-0.3, -0.25) is 0 Å². The quantitative estimate of drug-likeness (QED) is 0.0252. The van der Waals surface area contributed by atoms with Crippen molar-refractivity contribution in [2.45, 2.75) is 250 Å². The van der Waals surface area contributed by atoms with Gasteiger partial charge in [0.1, 0.15) is 171 Å². The molecule has 7 saturated heterocycles. The summed E-state index contributed by atoms with van der Waals surface area (Å²) in [5.74, 6) is 0. The van der Waals surface area contributed by atoms with Crippen molar-refractivity contribution in [2.75, 3.05) is 307 Å². The molecule has 0 aliphatic carbocycles. The molecule has 50 nitrogen and oxygen atoms in total. The summed E-state index contributed by atoms with van der Waals surface area (Å²) in [6, 6.07) is 0. The van der Waals surface area contributed by atoms with Gasteiger partial charge in [0.2, 0.25) is 0 Å². The van der Waals surface area contributed by atoms with Gasteiger partial charge in [0.05, 0.1) is 231 Å². The molecule has 7 heterocycles. The van der Waals surface area contributed by atoms with Crippen LogP contribution in [0.25, 0.3) is 0 Å². The molecule has 136 heavy (non-hydrogen) atoms. The van der Waals surface area contributed by atoms with Crippen molar-refractivity contribution in [1.29, 1.82) is 0 Å². The number of hydrogen-bond acceptors (Lipinski definition) is 50. The summed E-state index contributed by atoms with van der Waals surface area (Å²) in [5.41, 5.74) is 0. The molecule has 0 radical (unpaired) electrons. The van der Waals surface area contributed by atoms with Gasteiger partial charge >= 0.3 is 0 Å². The summed E-state index contributed by atoms with van der Waals surface area (Å²) < 4.78 is 233. The third kappa shape index (κ3) is 38.4. The van der Waals surface area contributed by atoms with Crippen LogP contribution in [-0.4, -0.2) is 583 Å². The van der Waals surface area contributed by atoms with E-state index in [9.17, 15) is 61.3 Å². The predicted octanol–water partition coefficient (Wildman–Crippen LogP) is -6.90. The van der Waals surface area contributed by atoms with E-state index in [0.29, 0.717) is 26.4 Å². The Morgan fingerprint density at radius 1 is 0.184 bits per heavy atom. The van der Waals surface area contributed by atoms with E-state index in [-0.39, 0.29) is 205 Å². The number of aliphatic hydroxyl groups excluding tert-OH is 12. The van der Waals surface area contributed by atoms with Gasteiger partial charge in [-0.2, -0.15) is 0 Å². The third-order valence-electron chi connectivity index (χ3n) is 22.7. The zero-order chi connectivity index (χ0) is 98.4. The van der Waals surface area contributed by atoms with Crippen LogP contribution >= 0.6 is 0 Å². The zero-order valence-electron chi connectivity index (χ0n) is 80.4. The molecular weight excluding hydrogens is 1830 g/mol. The molecular formula is C86H160O50. The van der Waals surface area contributed by atoms with Gasteiger partial charge < -0.3 is 241 Å². The van der Waals surface area contributed by atoms with E-state index in [1.54, 1.807) is 20.8 Å². The Morgan fingerprint density at radius 2 is 0.434 bits per heavy atom. The summed E-state index contributed by atoms with van der Waals surface area (Å²) in [7, 11) is 8.30. The normalized spacial score (nSPS) is 35.8. The van der Waals surface area contributed by atoms with Crippen molar-refractivity contribution >= 4 is 0 Å². The van der Waals surface area contributed by atoms with Gasteiger partial charge in [0, 0.05) is 75.7 Å². The first-order chi connectivity index (χ1) is 66.3. The average Bonchev–Trinajstić information content (AvgIpc) is 0.760. The van der Waals surface area contributed by atoms with Crippen molar-refractivity contribution in [1.82, 2.24) is 0 Å². The molecule has 7 aliphatic rings. The summed E-state index contributed by atoms with van der Waals surface area (Å²) in [5, 5.41) is 139. The standard InChI is InChI=1S/C86H160O50/c1-12-105-27-29-114-40-44-123-77-64(97)69(131-80-60(93)59(92)67(52(45-90)124-80)132-83-75(121-42-38-108-15-4)61(94)66(101-8)54(127-83)48-116-34-30-110-20-17-87)57(50-118-36-32-112-25-23-99-6)129-85(77)136-72-58(51-115-33-28-106-13-2)130-86(79(78(72)103-10)119-22-19-89)135-70-55(47-109-16-5)128-84(76(65(70)98)122-43-39-113-26-24-100-7)133-68-53(46-91)125-82(73(102-9)62(68)95)134-71-56(49-117-35-31-111-21-18-88)126-81(104-11)74(63(71)96)120-41-37-107-14-3/h52-98H,12-51H2,1-11H3/t52-,53-,54?,55?,56?,57?,58-,59?,60?,61-,62?,63-,64-,65-,66+,67+,68+,69+,70+,71+,72+,73?,74?,75-,76?,77-,78?,79?,80-,81+,82-,83?,84-,85?,86-/m1/s1. The lowest BCUT2D eigenvalue weighted by Crippen LogP contribution is -2.69. The minimum atomic E-state index is -2.08. The first-order valence-electron chi connectivity index (χ1n) is 46.9. The number of methoxy groups -OCH3 is 6. The van der Waals surface area contributed by atoms with Crippen molar-refractivity contribution in [2.24, 2.45) is 0 Å². The average molecular weight is 1990 g/mol. The van der Waals surface area contributed by atoms with E-state index >= 15 is 0 Å². The zero-order valence-corrected chi connectivity index (χ0v) is 80.4. The van der Waals surface area contributed by atoms with Gasteiger partial charge in [-0.1, -0.05) is 0 Å². The second-order valence-corrected chi connectivity index (χ2v) is 31.7. The minimum absolute atomic E-state index is 0.0113. The molecule has 12 N–H and O–H groups in total. The second kappa shape index (κ2) is 70.7. The van der Waals surface area contributed by atoms with Crippen molar-refractivity contribution < 1.29 is 241 Å². The Bertz CT molecular complexity index is 2880. The second-order valence-electron chi connectivity index (χ2n) is 31.7. The maximum absolute atomic E-state index is 13.2. The lowest BCUT2D eigenvalue weighted by atomic mass is 9.94. The highest BCUT2D eigenvalue weighted by atomic mass is 16.8. The molecule has 0 bridgehead atoms. The molecule has 804 valence electrons. The number of aliphatic hydroxyl groups is 12. The van der Waals surface area contributed by atoms with Crippen molar-refractivity contribution in [3.05, 3.63) is 0 Å². The fourth-order valence-electron chi connectivity index (χ4n) is 16.0. The molecule has 0 spiro atoms. The SMILES string of the molecule is CCOCCOCCO[C@H]1C(O[C@@H]2C(OC)C(OCCO)[C@@H](O[C@H]3C(COCC)O[C@H](O[C@@H]4C(O)C(OC)[C@@H](O[C@H]5C(COCCOCCO)O[C@H](OC)C(OCCOCC)[C@@H]5O)O[C@@H]4CO)C(OCCOCCOC)[C@@H]3O)O[C@@H]2COCCOCC)OC(COCCOCCOC)[C@H](O[C@H]2O[C@H](CO)[C@H](OC3OC(COCCOCCO)[C@H](OC)[C@@H](O)[C@H]3OCCOCC)C(O)C2O)[C@H]1O. The van der Waals surface area contributed by atoms with Crippen LogP contribution < -0.4 is 0 Å². The molecule has 0 amide bonds. The van der Waals surface area contributed by atoms with Gasteiger partial charge in [-0.25, -0.2) is 0 Å². The Kier molecular flexibility index (Phi) is 62.9. The van der Waals surface area contributed by atoms with Crippen LogP contribution in [0, 0.1) is 0 Å². The summed E-state index contributed by atoms with van der Waals surface area (Å²) in [6.45, 7) is 6.97. The molecule has 14 unspecified atom stereocenters. The number of ether oxygens (including phenoxy) is 38. The topological polar surface area (TPSA) is 594 Å². The third-order valence-corrected chi connectivity index (χ3v) is 22.7. The van der Waals surface area contributed by atoms with Crippen LogP contribution in [0.4, 0.5) is 0 Å². The minimum Gasteiger partial charge on any atom is -0.394 e. The fourth-order valence-corrected chi connectivity index (χ4v) is 16.0. The highest BCUT2D eigenvalue weighted by Gasteiger charge is 2.61. The molecule has 7 aliphatic heterocycles. The molecule has 7 rings (SSSR count). The Hall–Kier alpha value is -2.00. The van der Waals surface area contributed by atoms with Crippen LogP contribution in [0.2, 0.25) is 0 Å². The molecule has 0 aromatic carbocycles. The van der Waals surface area contributed by atoms with Crippen LogP contribution in [0.5, 0.6) is 0 Å². The molecule has 50 heteroatoms. The lowest BCUT2D eigenvalue weighted by molar-refractivity contribution is -0.404. The molecule has 0 aromatic rings. The maximum atomic E-state index is 13.2. The smallest absolute Gasteiger partial charge is 0.187 e. The van der Waals surface area contributed by atoms with Crippen LogP contribution in [-0.2, 0) is 180 Å². The molecule has 7 fully saturated rings. The first kappa shape index (κ1) is 121. The summed E-state index contributed by atoms with van der Waals surface area (Å²) >= 11 is 0. The predicted molar refractivity (Wildman–Crippen MR) is 459 cm³/mol. The number of rotatable bonds is 77. The Balaban J connectivity index is 1.22. The van der Waals surface area contributed by atoms with E-state index in [1.807, 2.05) is 13.8 Å². The fraction of sp³-hybridized carbons (Fsp3) is 1.00. The first-order valence-corrected chi connectivity index (χ1v) is 46.9. The summed E-state index contributed by atoms with van der Waals surface area (Å²) in [6.07, 6.45) is -54.0. The van der Waals surface area contributed by atoms with E-state index in [0.717, 1.165) is 0 Å². The monoisotopic (exact) mass is 1990 g/mol. The van der Waals surface area contributed by atoms with Crippen LogP contribution in [0.1, 0.15) is 34.6 Å². The van der Waals surface area contributed by atoms with Gasteiger partial charge in [0.25, 0.3) is 0 Å². The van der Waals surface area contributed by atoms with E-state index in [2.05, 4.69) is 0 Å². The van der Waals surface area contributed by atoms with Crippen molar-refractivity contribution in [3.63, 3.8) is 0 Å². The van der Waals surface area contributed by atoms with E-state index in [4.69, 9.17) is 180 Å². The largest absolute Gasteiger partial charge is 0.394 e. The van der Waals surface area contributed by atoms with Gasteiger partial charge in [-0.15, -0.1) is 0 Å². The van der Waals surface area contributed by atoms with E-state index < -0.39 is 248 Å². The molecule has 0 saturated carbocycles. The summed E-state index contributed by atoms with van der Waals surface area (Å²) in [4.78, 5) is 0. The molecule has 35 atom stereocenters. The Labute approximate surface area is 795 Å². The highest BCUT2D eigenvalue weighted by Crippen LogP contribution is 2.41. The number of hydrogen-bond donors (Lipinski definition) is 12. The maximum Gasteiger partial charge on any atom is 0.187 e. The van der Waals surface area contributed by atoms with Gasteiger partial charge in [-0.05, 0) is 34.6 Å². The highest BCUT2D eigenvalue weighted by molar-refractivity contribution is 5.03.